The van der Waals surface area contributed by atoms with Gasteiger partial charge >= 0.3 is 6.18 Å². The summed E-state index contributed by atoms with van der Waals surface area (Å²) in [7, 11) is 0. The molecule has 0 aliphatic carbocycles. The first-order valence-corrected chi connectivity index (χ1v) is 6.96. The molecule has 0 aromatic rings. The molecule has 1 aliphatic rings. The maximum Gasteiger partial charge on any atom is 0.401 e. The molecule has 0 saturated carbocycles. The number of alkyl halides is 3. The predicted molar refractivity (Wildman–Crippen MR) is 69.4 cm³/mol. The lowest BCUT2D eigenvalue weighted by Gasteiger charge is -2.23. The SMILES string of the molecule is CC(C)OCCC(=O)N1CCCN(CC(F)(F)F)CC1. The van der Waals surface area contributed by atoms with Crippen molar-refractivity contribution in [3.05, 3.63) is 0 Å². The molecule has 1 rings (SSSR count). The van der Waals surface area contributed by atoms with Gasteiger partial charge in [0.15, 0.2) is 0 Å². The molecule has 0 spiro atoms. The smallest absolute Gasteiger partial charge is 0.378 e. The molecule has 1 heterocycles. The van der Waals surface area contributed by atoms with Crippen molar-refractivity contribution in [1.82, 2.24) is 9.80 Å². The number of hydrogen-bond acceptors (Lipinski definition) is 3. The number of carbonyl (C=O) groups excluding carboxylic acids is 1. The predicted octanol–water partition coefficient (Wildman–Crippen LogP) is 1.90. The minimum atomic E-state index is -4.18. The average Bonchev–Trinajstić information content (AvgIpc) is 2.52. The molecule has 1 fully saturated rings. The van der Waals surface area contributed by atoms with Crippen LogP contribution in [0, 0.1) is 0 Å². The Labute approximate surface area is 117 Å². The van der Waals surface area contributed by atoms with E-state index in [-0.39, 0.29) is 25.0 Å². The summed E-state index contributed by atoms with van der Waals surface area (Å²) in [5.74, 6) is -0.0421. The molecule has 0 unspecified atom stereocenters. The number of nitrogens with zero attached hydrogens (tertiary/aromatic N) is 2. The third-order valence-electron chi connectivity index (χ3n) is 3.11. The molecule has 0 atom stereocenters. The van der Waals surface area contributed by atoms with Crippen molar-refractivity contribution in [2.24, 2.45) is 0 Å². The average molecular weight is 296 g/mol. The van der Waals surface area contributed by atoms with Crippen molar-refractivity contribution in [2.75, 3.05) is 39.3 Å². The van der Waals surface area contributed by atoms with Crippen molar-refractivity contribution < 1.29 is 22.7 Å². The topological polar surface area (TPSA) is 32.8 Å². The number of halogens is 3. The Morgan fingerprint density at radius 3 is 2.50 bits per heavy atom. The van der Waals surface area contributed by atoms with Gasteiger partial charge in [-0.15, -0.1) is 0 Å². The Kier molecular flexibility index (Phi) is 6.75. The molecule has 118 valence electrons. The van der Waals surface area contributed by atoms with E-state index < -0.39 is 12.7 Å². The van der Waals surface area contributed by atoms with Crippen LogP contribution < -0.4 is 0 Å². The van der Waals surface area contributed by atoms with Crippen molar-refractivity contribution in [1.29, 1.82) is 0 Å². The summed E-state index contributed by atoms with van der Waals surface area (Å²) in [6.07, 6.45) is -3.23. The van der Waals surface area contributed by atoms with Crippen molar-refractivity contribution in [2.45, 2.75) is 39.0 Å². The van der Waals surface area contributed by atoms with E-state index in [2.05, 4.69) is 0 Å². The summed E-state index contributed by atoms with van der Waals surface area (Å²) >= 11 is 0. The summed E-state index contributed by atoms with van der Waals surface area (Å²) in [4.78, 5) is 14.9. The lowest BCUT2D eigenvalue weighted by atomic mass is 10.3. The quantitative estimate of drug-likeness (QED) is 0.777. The standard InChI is InChI=1S/C13H23F3N2O2/c1-11(2)20-9-4-12(19)18-6-3-5-17(7-8-18)10-13(14,15)16/h11H,3-10H2,1-2H3. The fraction of sp³-hybridized carbons (Fsp3) is 0.923. The van der Waals surface area contributed by atoms with Crippen LogP contribution >= 0.6 is 0 Å². The summed E-state index contributed by atoms with van der Waals surface area (Å²) in [6.45, 7) is 4.79. The molecule has 20 heavy (non-hydrogen) atoms. The largest absolute Gasteiger partial charge is 0.401 e. The molecule has 1 aliphatic heterocycles. The van der Waals surface area contributed by atoms with E-state index in [0.29, 0.717) is 32.7 Å². The van der Waals surface area contributed by atoms with E-state index in [1.807, 2.05) is 13.8 Å². The summed E-state index contributed by atoms with van der Waals surface area (Å²) < 4.78 is 42.3. The maximum atomic E-state index is 12.3. The molecule has 1 saturated heterocycles. The lowest BCUT2D eigenvalue weighted by Crippen LogP contribution is -2.38. The second-order valence-electron chi connectivity index (χ2n) is 5.30. The van der Waals surface area contributed by atoms with Crippen LogP contribution in [0.3, 0.4) is 0 Å². The fourth-order valence-corrected chi connectivity index (χ4v) is 2.17. The Morgan fingerprint density at radius 2 is 1.90 bits per heavy atom. The van der Waals surface area contributed by atoms with Gasteiger partial charge in [-0.3, -0.25) is 9.69 Å². The zero-order valence-electron chi connectivity index (χ0n) is 12.1. The molecule has 0 N–H and O–H groups in total. The van der Waals surface area contributed by atoms with Crippen LogP contribution in [0.1, 0.15) is 26.7 Å². The zero-order valence-corrected chi connectivity index (χ0v) is 12.1. The highest BCUT2D eigenvalue weighted by Gasteiger charge is 2.31. The number of ether oxygens (including phenoxy) is 1. The van der Waals surface area contributed by atoms with Gasteiger partial charge in [0.05, 0.1) is 25.7 Å². The van der Waals surface area contributed by atoms with Gasteiger partial charge in [-0.05, 0) is 20.3 Å². The van der Waals surface area contributed by atoms with E-state index in [0.717, 1.165) is 0 Å². The highest BCUT2D eigenvalue weighted by Crippen LogP contribution is 2.17. The summed E-state index contributed by atoms with van der Waals surface area (Å²) in [6, 6.07) is 0. The van der Waals surface area contributed by atoms with Crippen LogP contribution in [0.2, 0.25) is 0 Å². The van der Waals surface area contributed by atoms with Crippen LogP contribution in [0.5, 0.6) is 0 Å². The van der Waals surface area contributed by atoms with Gasteiger partial charge in [-0.2, -0.15) is 13.2 Å². The second kappa shape index (κ2) is 7.83. The van der Waals surface area contributed by atoms with Crippen LogP contribution in [-0.2, 0) is 9.53 Å². The highest BCUT2D eigenvalue weighted by molar-refractivity contribution is 5.76. The van der Waals surface area contributed by atoms with Crippen LogP contribution in [0.15, 0.2) is 0 Å². The van der Waals surface area contributed by atoms with Crippen LogP contribution in [-0.4, -0.2) is 67.3 Å². The molecule has 0 aromatic carbocycles. The second-order valence-corrected chi connectivity index (χ2v) is 5.30. The third kappa shape index (κ3) is 7.09. The first-order valence-electron chi connectivity index (χ1n) is 6.96. The van der Waals surface area contributed by atoms with Gasteiger partial charge in [-0.25, -0.2) is 0 Å². The van der Waals surface area contributed by atoms with Gasteiger partial charge in [0.1, 0.15) is 0 Å². The molecule has 0 bridgehead atoms. The fourth-order valence-electron chi connectivity index (χ4n) is 2.17. The van der Waals surface area contributed by atoms with E-state index in [9.17, 15) is 18.0 Å². The van der Waals surface area contributed by atoms with Gasteiger partial charge in [0, 0.05) is 26.2 Å². The first kappa shape index (κ1) is 17.2. The highest BCUT2D eigenvalue weighted by atomic mass is 19.4. The Morgan fingerprint density at radius 1 is 1.20 bits per heavy atom. The van der Waals surface area contributed by atoms with E-state index in [1.165, 1.54) is 4.90 Å². The lowest BCUT2D eigenvalue weighted by molar-refractivity contribution is -0.145. The van der Waals surface area contributed by atoms with Gasteiger partial charge in [0.25, 0.3) is 0 Å². The van der Waals surface area contributed by atoms with Crippen LogP contribution in [0.4, 0.5) is 13.2 Å². The Balaban J connectivity index is 2.34. The van der Waals surface area contributed by atoms with Crippen LogP contribution in [0.25, 0.3) is 0 Å². The van der Waals surface area contributed by atoms with Gasteiger partial charge < -0.3 is 9.64 Å². The van der Waals surface area contributed by atoms with Crippen molar-refractivity contribution >= 4 is 5.91 Å². The van der Waals surface area contributed by atoms with E-state index in [1.54, 1.807) is 4.90 Å². The zero-order chi connectivity index (χ0) is 15.2. The van der Waals surface area contributed by atoms with Crippen molar-refractivity contribution in [3.8, 4) is 0 Å². The monoisotopic (exact) mass is 296 g/mol. The normalized spacial score (nSPS) is 18.4. The summed E-state index contributed by atoms with van der Waals surface area (Å²) in [5.41, 5.74) is 0. The van der Waals surface area contributed by atoms with Gasteiger partial charge in [0.2, 0.25) is 5.91 Å². The number of amides is 1. The number of rotatable bonds is 5. The van der Waals surface area contributed by atoms with Gasteiger partial charge in [-0.1, -0.05) is 0 Å². The summed E-state index contributed by atoms with van der Waals surface area (Å²) in [5, 5.41) is 0. The molecule has 1 amide bonds. The Bertz CT molecular complexity index is 308. The molecule has 4 nitrogen and oxygen atoms in total. The minimum Gasteiger partial charge on any atom is -0.378 e. The molecule has 0 radical (unpaired) electrons. The first-order chi connectivity index (χ1) is 9.28. The Hall–Kier alpha value is -0.820. The number of carbonyl (C=O) groups is 1. The number of hydrogen-bond donors (Lipinski definition) is 0. The molecule has 0 aromatic heterocycles. The van der Waals surface area contributed by atoms with E-state index in [4.69, 9.17) is 4.74 Å². The maximum absolute atomic E-state index is 12.3. The van der Waals surface area contributed by atoms with Crippen molar-refractivity contribution in [3.63, 3.8) is 0 Å². The minimum absolute atomic E-state index is 0.0421. The molecular weight excluding hydrogens is 273 g/mol. The van der Waals surface area contributed by atoms with E-state index >= 15 is 0 Å². The third-order valence-corrected chi connectivity index (χ3v) is 3.11. The molecule has 7 heteroatoms. The molecular formula is C13H23F3N2O2.